The number of ether oxygens (including phenoxy) is 1. The van der Waals surface area contributed by atoms with E-state index < -0.39 is 6.61 Å². The first-order valence-corrected chi connectivity index (χ1v) is 9.09. The molecule has 29 heavy (non-hydrogen) atoms. The molecule has 4 rings (SSSR count). The van der Waals surface area contributed by atoms with Gasteiger partial charge in [-0.1, -0.05) is 0 Å². The van der Waals surface area contributed by atoms with E-state index in [9.17, 15) is 13.2 Å². The molecule has 152 valence electrons. The normalized spacial score (nSPS) is 14.1. The maximum absolute atomic E-state index is 13.9. The summed E-state index contributed by atoms with van der Waals surface area (Å²) in [6.07, 6.45) is 0.897. The summed E-state index contributed by atoms with van der Waals surface area (Å²) in [5.41, 5.74) is 2.33. The van der Waals surface area contributed by atoms with Gasteiger partial charge >= 0.3 is 6.61 Å². The molecule has 0 aliphatic carbocycles. The zero-order valence-electron chi connectivity index (χ0n) is 15.7. The Morgan fingerprint density at radius 1 is 1.07 bits per heavy atom. The molecule has 0 spiro atoms. The van der Waals surface area contributed by atoms with Crippen LogP contribution in [0.2, 0.25) is 0 Å². The van der Waals surface area contributed by atoms with Crippen LogP contribution in [-0.4, -0.2) is 47.0 Å². The molecule has 1 aromatic heterocycles. The van der Waals surface area contributed by atoms with Crippen molar-refractivity contribution in [2.45, 2.75) is 19.6 Å². The van der Waals surface area contributed by atoms with Gasteiger partial charge in [-0.25, -0.2) is 4.39 Å². The molecule has 1 aliphatic heterocycles. The Morgan fingerprint density at radius 2 is 1.86 bits per heavy atom. The standard InChI is InChI=1S/C19H19F3N6O/c1-26-9-2-10-27(17-11-13(20)3-8-16(17)26)12-18-23-24-25-28(18)14-4-6-15(7-5-14)29-19(21)22/h3-8,11,19H,2,9-10,12H2,1H3. The first-order valence-electron chi connectivity index (χ1n) is 9.09. The number of rotatable bonds is 5. The fourth-order valence-corrected chi connectivity index (χ4v) is 3.42. The lowest BCUT2D eigenvalue weighted by Gasteiger charge is -2.25. The first-order chi connectivity index (χ1) is 14.0. The fraction of sp³-hybridized carbons (Fsp3) is 0.316. The number of nitrogens with zero attached hydrogens (tertiary/aromatic N) is 6. The summed E-state index contributed by atoms with van der Waals surface area (Å²) in [6.45, 7) is -0.946. The predicted octanol–water partition coefficient (Wildman–Crippen LogP) is 3.25. The molecule has 0 atom stereocenters. The molecule has 2 aromatic carbocycles. The summed E-state index contributed by atoms with van der Waals surface area (Å²) >= 11 is 0. The molecule has 0 radical (unpaired) electrons. The van der Waals surface area contributed by atoms with E-state index in [1.54, 1.807) is 18.2 Å². The smallest absolute Gasteiger partial charge is 0.387 e. The summed E-state index contributed by atoms with van der Waals surface area (Å²) in [4.78, 5) is 4.14. The van der Waals surface area contributed by atoms with Crippen LogP contribution >= 0.6 is 0 Å². The van der Waals surface area contributed by atoms with Crippen molar-refractivity contribution in [3.05, 3.63) is 54.1 Å². The molecule has 0 unspecified atom stereocenters. The molecular formula is C19H19F3N6O. The lowest BCUT2D eigenvalue weighted by Crippen LogP contribution is -2.25. The summed E-state index contributed by atoms with van der Waals surface area (Å²) in [5, 5.41) is 11.9. The summed E-state index contributed by atoms with van der Waals surface area (Å²) in [7, 11) is 1.98. The SMILES string of the molecule is CN1CCCN(Cc2nnnn2-c2ccc(OC(F)F)cc2)c2cc(F)ccc21. The minimum absolute atomic E-state index is 0.0540. The Labute approximate surface area is 165 Å². The van der Waals surface area contributed by atoms with E-state index in [-0.39, 0.29) is 11.6 Å². The van der Waals surface area contributed by atoms with Crippen molar-refractivity contribution >= 4 is 11.4 Å². The van der Waals surface area contributed by atoms with Crippen LogP contribution in [0, 0.1) is 5.82 Å². The molecule has 0 amide bonds. The van der Waals surface area contributed by atoms with Crippen LogP contribution in [0.25, 0.3) is 5.69 Å². The third-order valence-electron chi connectivity index (χ3n) is 4.78. The number of fused-ring (bicyclic) bond motifs is 1. The van der Waals surface area contributed by atoms with Gasteiger partial charge in [0.1, 0.15) is 11.6 Å². The second kappa shape index (κ2) is 7.98. The summed E-state index contributed by atoms with van der Waals surface area (Å²) < 4.78 is 44.5. The van der Waals surface area contributed by atoms with Crippen LogP contribution in [0.15, 0.2) is 42.5 Å². The Bertz CT molecular complexity index is 978. The van der Waals surface area contributed by atoms with Crippen LogP contribution in [0.5, 0.6) is 5.75 Å². The van der Waals surface area contributed by atoms with Crippen molar-refractivity contribution in [1.29, 1.82) is 0 Å². The zero-order valence-corrected chi connectivity index (χ0v) is 15.7. The van der Waals surface area contributed by atoms with E-state index in [1.165, 1.54) is 28.9 Å². The van der Waals surface area contributed by atoms with E-state index >= 15 is 0 Å². The van der Waals surface area contributed by atoms with E-state index in [0.29, 0.717) is 18.1 Å². The molecule has 0 N–H and O–H groups in total. The van der Waals surface area contributed by atoms with E-state index in [4.69, 9.17) is 0 Å². The Balaban J connectivity index is 1.61. The molecule has 0 saturated carbocycles. The molecular weight excluding hydrogens is 385 g/mol. The number of hydrogen-bond donors (Lipinski definition) is 0. The van der Waals surface area contributed by atoms with Crippen molar-refractivity contribution in [1.82, 2.24) is 20.2 Å². The van der Waals surface area contributed by atoms with Gasteiger partial charge in [0.25, 0.3) is 0 Å². The highest BCUT2D eigenvalue weighted by molar-refractivity contribution is 5.72. The van der Waals surface area contributed by atoms with Gasteiger partial charge < -0.3 is 14.5 Å². The predicted molar refractivity (Wildman–Crippen MR) is 101 cm³/mol. The minimum atomic E-state index is -2.88. The molecule has 2 heterocycles. The second-order valence-corrected chi connectivity index (χ2v) is 6.71. The van der Waals surface area contributed by atoms with Crippen LogP contribution in [0.4, 0.5) is 24.5 Å². The van der Waals surface area contributed by atoms with Gasteiger partial charge in [0.2, 0.25) is 0 Å². The maximum atomic E-state index is 13.9. The molecule has 0 bridgehead atoms. The molecule has 10 heteroatoms. The number of alkyl halides is 2. The average molecular weight is 404 g/mol. The highest BCUT2D eigenvalue weighted by atomic mass is 19.3. The van der Waals surface area contributed by atoms with Gasteiger partial charge in [0.15, 0.2) is 5.82 Å². The summed E-state index contributed by atoms with van der Waals surface area (Å²) in [6, 6.07) is 10.8. The van der Waals surface area contributed by atoms with Crippen LogP contribution < -0.4 is 14.5 Å². The van der Waals surface area contributed by atoms with Gasteiger partial charge in [-0.3, -0.25) is 0 Å². The molecule has 3 aromatic rings. The lowest BCUT2D eigenvalue weighted by atomic mass is 10.2. The van der Waals surface area contributed by atoms with Gasteiger partial charge in [0, 0.05) is 20.1 Å². The molecule has 1 aliphatic rings. The van der Waals surface area contributed by atoms with Crippen LogP contribution in [-0.2, 0) is 6.54 Å². The quantitative estimate of drug-likeness (QED) is 0.651. The number of halogens is 3. The monoisotopic (exact) mass is 404 g/mol. The summed E-state index contributed by atoms with van der Waals surface area (Å²) in [5.74, 6) is 0.295. The molecule has 7 nitrogen and oxygen atoms in total. The van der Waals surface area contributed by atoms with Crippen molar-refractivity contribution in [2.75, 3.05) is 29.9 Å². The van der Waals surface area contributed by atoms with Gasteiger partial charge in [-0.05, 0) is 59.3 Å². The third kappa shape index (κ3) is 4.10. The highest BCUT2D eigenvalue weighted by Crippen LogP contribution is 2.33. The highest BCUT2D eigenvalue weighted by Gasteiger charge is 2.21. The Hall–Kier alpha value is -3.30. The number of tetrazole rings is 1. The topological polar surface area (TPSA) is 59.3 Å². The maximum Gasteiger partial charge on any atom is 0.387 e. The number of hydrogen-bond acceptors (Lipinski definition) is 6. The average Bonchev–Trinajstić information content (AvgIpc) is 3.09. The lowest BCUT2D eigenvalue weighted by molar-refractivity contribution is -0.0498. The minimum Gasteiger partial charge on any atom is -0.435 e. The first kappa shape index (κ1) is 19.0. The number of benzene rings is 2. The largest absolute Gasteiger partial charge is 0.435 e. The second-order valence-electron chi connectivity index (χ2n) is 6.71. The van der Waals surface area contributed by atoms with Crippen molar-refractivity contribution in [3.63, 3.8) is 0 Å². The van der Waals surface area contributed by atoms with Crippen molar-refractivity contribution < 1.29 is 17.9 Å². The van der Waals surface area contributed by atoms with Gasteiger partial charge in [-0.2, -0.15) is 13.5 Å². The Kier molecular flexibility index (Phi) is 5.24. The zero-order chi connectivity index (χ0) is 20.4. The molecule has 0 saturated heterocycles. The number of aromatic nitrogens is 4. The Morgan fingerprint density at radius 3 is 2.62 bits per heavy atom. The van der Waals surface area contributed by atoms with Gasteiger partial charge in [0.05, 0.1) is 23.6 Å². The number of anilines is 2. The fourth-order valence-electron chi connectivity index (χ4n) is 3.42. The van der Waals surface area contributed by atoms with Crippen LogP contribution in [0.3, 0.4) is 0 Å². The van der Waals surface area contributed by atoms with E-state index in [1.807, 2.05) is 11.9 Å². The van der Waals surface area contributed by atoms with E-state index in [2.05, 4.69) is 25.2 Å². The van der Waals surface area contributed by atoms with Crippen molar-refractivity contribution in [2.24, 2.45) is 0 Å². The molecule has 0 fully saturated rings. The van der Waals surface area contributed by atoms with Crippen molar-refractivity contribution in [3.8, 4) is 11.4 Å². The third-order valence-corrected chi connectivity index (χ3v) is 4.78. The van der Waals surface area contributed by atoms with E-state index in [0.717, 1.165) is 30.9 Å². The van der Waals surface area contributed by atoms with Crippen LogP contribution in [0.1, 0.15) is 12.2 Å². The van der Waals surface area contributed by atoms with Gasteiger partial charge in [-0.15, -0.1) is 5.10 Å².